The number of hydrogen-bond acceptors (Lipinski definition) is 10. The number of sulfonamides is 1. The second-order valence-electron chi connectivity index (χ2n) is 10.3. The van der Waals surface area contributed by atoms with Crippen molar-refractivity contribution in [3.05, 3.63) is 70.7 Å². The number of rotatable bonds is 8. The first-order chi connectivity index (χ1) is 20.4. The Bertz CT molecular complexity index is 1680. The predicted octanol–water partition coefficient (Wildman–Crippen LogP) is 2.26. The number of β-amino-alcohol motifs (C(OH)–C–C–N with tert-alkyl or cyclic N) is 1. The summed E-state index contributed by atoms with van der Waals surface area (Å²) in [6.07, 6.45) is -1.01. The highest BCUT2D eigenvalue weighted by atomic mass is 35.5. The quantitative estimate of drug-likeness (QED) is 0.394. The zero-order chi connectivity index (χ0) is 31.3. The van der Waals surface area contributed by atoms with E-state index in [1.807, 2.05) is 0 Å². The molecule has 0 bridgehead atoms. The molecule has 0 saturated carbocycles. The number of aliphatic hydroxyl groups is 1. The molecule has 2 aromatic carbocycles. The second-order valence-corrected chi connectivity index (χ2v) is 12.5. The predicted molar refractivity (Wildman–Crippen MR) is 157 cm³/mol. The third kappa shape index (κ3) is 4.76. The molecule has 1 N–H and O–H groups in total. The average molecular weight is 631 g/mol. The standard InChI is InChI=1S/C29H31ClN4O8S/c1-32(2)27(36)24-15-18(35)16-33(24)29(21-11-13-25(41-4)31-26(21)42-5)22-14-17(30)6-12-23(22)34(28(29)37)43(38,39)20-9-7-19(40-3)8-10-20/h6-14,18,24,35H,15-16H2,1-5H3/t18-,24+,29?/m1/s1. The molecule has 228 valence electrons. The maximum Gasteiger partial charge on any atom is 0.271 e. The van der Waals surface area contributed by atoms with Gasteiger partial charge in [-0.15, -0.1) is 0 Å². The van der Waals surface area contributed by atoms with Crippen LogP contribution in [0, 0.1) is 0 Å². The monoisotopic (exact) mass is 630 g/mol. The van der Waals surface area contributed by atoms with Crippen LogP contribution in [0.1, 0.15) is 17.5 Å². The average Bonchev–Trinajstić information content (AvgIpc) is 3.51. The van der Waals surface area contributed by atoms with Gasteiger partial charge in [-0.25, -0.2) is 12.7 Å². The van der Waals surface area contributed by atoms with E-state index in [4.69, 9.17) is 25.8 Å². The van der Waals surface area contributed by atoms with E-state index in [-0.39, 0.29) is 57.4 Å². The van der Waals surface area contributed by atoms with E-state index in [1.165, 1.54) is 79.7 Å². The zero-order valence-corrected chi connectivity index (χ0v) is 25.7. The fraction of sp³-hybridized carbons (Fsp3) is 0.345. The number of nitrogens with zero attached hydrogens (tertiary/aromatic N) is 4. The molecule has 1 saturated heterocycles. The number of halogens is 1. The first-order valence-corrected chi connectivity index (χ1v) is 15.0. The zero-order valence-electron chi connectivity index (χ0n) is 24.1. The summed E-state index contributed by atoms with van der Waals surface area (Å²) in [5.74, 6) is -0.739. The smallest absolute Gasteiger partial charge is 0.271 e. The third-order valence-corrected chi connectivity index (χ3v) is 9.67. The van der Waals surface area contributed by atoms with Crippen LogP contribution in [0.4, 0.5) is 5.69 Å². The van der Waals surface area contributed by atoms with Gasteiger partial charge in [0.05, 0.1) is 44.1 Å². The molecule has 0 spiro atoms. The van der Waals surface area contributed by atoms with Crippen LogP contribution < -0.4 is 18.5 Å². The number of pyridine rings is 1. The van der Waals surface area contributed by atoms with Crippen LogP contribution in [0.2, 0.25) is 5.02 Å². The Kier molecular flexibility index (Phi) is 8.03. The summed E-state index contributed by atoms with van der Waals surface area (Å²) >= 11 is 6.50. The van der Waals surface area contributed by atoms with Crippen molar-refractivity contribution in [2.75, 3.05) is 46.3 Å². The summed E-state index contributed by atoms with van der Waals surface area (Å²) in [6, 6.07) is 12.1. The van der Waals surface area contributed by atoms with Gasteiger partial charge in [-0.1, -0.05) is 11.6 Å². The number of ether oxygens (including phenoxy) is 3. The first-order valence-electron chi connectivity index (χ1n) is 13.2. The number of methoxy groups -OCH3 is 3. The number of amides is 2. The molecular formula is C29H31ClN4O8S. The Labute approximate surface area is 254 Å². The molecule has 2 aliphatic rings. The van der Waals surface area contributed by atoms with Crippen molar-refractivity contribution in [3.8, 4) is 17.5 Å². The minimum atomic E-state index is -4.53. The lowest BCUT2D eigenvalue weighted by molar-refractivity contribution is -0.138. The SMILES string of the molecule is COc1ccc(S(=O)(=O)N2C(=O)C(c3ccc(OC)nc3OC)(N3C[C@H](O)C[C@H]3C(=O)N(C)C)c3cc(Cl)ccc32)cc1. The number of carbonyl (C=O) groups excluding carboxylic acids is 2. The number of anilines is 1. The maximum absolute atomic E-state index is 15.1. The van der Waals surface area contributed by atoms with Gasteiger partial charge in [0.15, 0.2) is 5.54 Å². The molecule has 43 heavy (non-hydrogen) atoms. The van der Waals surface area contributed by atoms with Gasteiger partial charge in [0.2, 0.25) is 17.7 Å². The van der Waals surface area contributed by atoms with Crippen molar-refractivity contribution in [2.24, 2.45) is 0 Å². The second kappa shape index (κ2) is 11.3. The number of aliphatic hydroxyl groups excluding tert-OH is 1. The van der Waals surface area contributed by atoms with Gasteiger partial charge in [0.1, 0.15) is 5.75 Å². The molecule has 14 heteroatoms. The number of benzene rings is 2. The molecule has 12 nitrogen and oxygen atoms in total. The summed E-state index contributed by atoms with van der Waals surface area (Å²) in [6.45, 7) is -0.145. The Hall–Kier alpha value is -3.91. The van der Waals surface area contributed by atoms with Crippen LogP contribution in [0.3, 0.4) is 0 Å². The lowest BCUT2D eigenvalue weighted by Gasteiger charge is -2.41. The van der Waals surface area contributed by atoms with Crippen LogP contribution in [0.5, 0.6) is 17.5 Å². The molecule has 1 fully saturated rings. The number of aromatic nitrogens is 1. The highest BCUT2D eigenvalue weighted by Gasteiger charge is 2.64. The fourth-order valence-electron chi connectivity index (χ4n) is 5.82. The largest absolute Gasteiger partial charge is 0.497 e. The molecule has 0 aliphatic carbocycles. The summed E-state index contributed by atoms with van der Waals surface area (Å²) in [5.41, 5.74) is -1.67. The van der Waals surface area contributed by atoms with E-state index in [0.29, 0.717) is 10.1 Å². The minimum Gasteiger partial charge on any atom is -0.497 e. The van der Waals surface area contributed by atoms with Gasteiger partial charge in [0, 0.05) is 42.9 Å². The van der Waals surface area contributed by atoms with E-state index in [1.54, 1.807) is 20.2 Å². The molecule has 2 aliphatic heterocycles. The highest BCUT2D eigenvalue weighted by molar-refractivity contribution is 7.93. The van der Waals surface area contributed by atoms with E-state index in [0.717, 1.165) is 0 Å². The van der Waals surface area contributed by atoms with Crippen LogP contribution in [-0.2, 0) is 25.2 Å². The number of likely N-dealkylation sites (tertiary alicyclic amines) is 1. The van der Waals surface area contributed by atoms with Crippen molar-refractivity contribution in [1.29, 1.82) is 0 Å². The minimum absolute atomic E-state index is 0.000922. The van der Waals surface area contributed by atoms with Gasteiger partial charge < -0.3 is 24.2 Å². The highest BCUT2D eigenvalue weighted by Crippen LogP contribution is 2.54. The summed E-state index contributed by atoms with van der Waals surface area (Å²) < 4.78 is 45.4. The number of fused-ring (bicyclic) bond motifs is 1. The van der Waals surface area contributed by atoms with E-state index in [9.17, 15) is 18.3 Å². The molecular weight excluding hydrogens is 600 g/mol. The van der Waals surface area contributed by atoms with Crippen LogP contribution in [-0.4, -0.2) is 94.2 Å². The molecule has 2 amide bonds. The Morgan fingerprint density at radius 2 is 1.72 bits per heavy atom. The van der Waals surface area contributed by atoms with Crippen molar-refractivity contribution >= 4 is 39.1 Å². The normalized spacial score (nSPS) is 21.9. The Morgan fingerprint density at radius 3 is 2.33 bits per heavy atom. The van der Waals surface area contributed by atoms with Crippen LogP contribution in [0.15, 0.2) is 59.5 Å². The number of hydrogen-bond donors (Lipinski definition) is 1. The van der Waals surface area contributed by atoms with Crippen LogP contribution >= 0.6 is 11.6 Å². The van der Waals surface area contributed by atoms with Crippen molar-refractivity contribution in [1.82, 2.24) is 14.8 Å². The van der Waals surface area contributed by atoms with Crippen molar-refractivity contribution in [3.63, 3.8) is 0 Å². The molecule has 3 aromatic rings. The first kappa shape index (κ1) is 30.5. The third-order valence-electron chi connectivity index (χ3n) is 7.72. The van der Waals surface area contributed by atoms with Gasteiger partial charge >= 0.3 is 0 Å². The molecule has 1 unspecified atom stereocenters. The Balaban J connectivity index is 1.86. The molecule has 3 heterocycles. The number of carbonyl (C=O) groups is 2. The molecule has 3 atom stereocenters. The summed E-state index contributed by atoms with van der Waals surface area (Å²) in [7, 11) is 2.82. The van der Waals surface area contributed by atoms with Crippen LogP contribution in [0.25, 0.3) is 0 Å². The van der Waals surface area contributed by atoms with E-state index < -0.39 is 33.6 Å². The maximum atomic E-state index is 15.1. The van der Waals surface area contributed by atoms with Gasteiger partial charge in [-0.2, -0.15) is 4.98 Å². The number of likely N-dealkylation sites (N-methyl/N-ethyl adjacent to an activating group) is 1. The van der Waals surface area contributed by atoms with E-state index >= 15 is 4.79 Å². The van der Waals surface area contributed by atoms with E-state index in [2.05, 4.69) is 4.98 Å². The summed E-state index contributed by atoms with van der Waals surface area (Å²) in [5, 5.41) is 11.1. The van der Waals surface area contributed by atoms with Crippen molar-refractivity contribution < 1.29 is 37.3 Å². The van der Waals surface area contributed by atoms with Gasteiger partial charge in [-0.3, -0.25) is 14.5 Å². The lowest BCUT2D eigenvalue weighted by Crippen LogP contribution is -2.59. The lowest BCUT2D eigenvalue weighted by atomic mass is 9.81. The van der Waals surface area contributed by atoms with Crippen molar-refractivity contribution in [2.45, 2.75) is 29.0 Å². The molecule has 0 radical (unpaired) electrons. The molecule has 5 rings (SSSR count). The van der Waals surface area contributed by atoms with Gasteiger partial charge in [0.25, 0.3) is 15.9 Å². The molecule has 1 aromatic heterocycles. The fourth-order valence-corrected chi connectivity index (χ4v) is 7.45. The topological polar surface area (TPSA) is 139 Å². The van der Waals surface area contributed by atoms with Gasteiger partial charge in [-0.05, 0) is 55.0 Å². The Morgan fingerprint density at radius 1 is 1.02 bits per heavy atom. The summed E-state index contributed by atoms with van der Waals surface area (Å²) in [4.78, 5) is 35.8.